The number of ether oxygens (including phenoxy) is 3. The third kappa shape index (κ3) is 4.48. The molecule has 2 fully saturated rings. The lowest BCUT2D eigenvalue weighted by atomic mass is 10.1. The molecule has 3 aromatic rings. The molecule has 0 spiro atoms. The van der Waals surface area contributed by atoms with Gasteiger partial charge in [-0.05, 0) is 32.8 Å². The molecule has 3 atom stereocenters. The number of halogens is 1. The zero-order valence-corrected chi connectivity index (χ0v) is 18.6. The largest absolute Gasteiger partial charge is 0.441 e. The number of rotatable bonds is 7. The Hall–Kier alpha value is -3.25. The number of H-pyrrole nitrogens is 1. The van der Waals surface area contributed by atoms with Crippen LogP contribution in [0.4, 0.5) is 20.8 Å². The molecule has 5 rings (SSSR count). The number of methoxy groups -OCH3 is 1. The molecule has 2 aliphatic rings. The first-order valence-electron chi connectivity index (χ1n) is 10.8. The first kappa shape index (κ1) is 21.6. The zero-order valence-electron chi connectivity index (χ0n) is 18.6. The topological polar surface area (TPSA) is 128 Å². The molecule has 1 amide bonds. The van der Waals surface area contributed by atoms with E-state index in [9.17, 15) is 9.18 Å². The average molecular weight is 459 g/mol. The lowest BCUT2D eigenvalue weighted by Gasteiger charge is -2.17. The van der Waals surface area contributed by atoms with Crippen LogP contribution in [0.3, 0.4) is 0 Å². The van der Waals surface area contributed by atoms with Crippen molar-refractivity contribution in [1.82, 2.24) is 30.1 Å². The molecule has 1 saturated carbocycles. The normalized spacial score (nSPS) is 23.6. The van der Waals surface area contributed by atoms with Crippen molar-refractivity contribution in [3.63, 3.8) is 0 Å². The predicted molar refractivity (Wildman–Crippen MR) is 115 cm³/mol. The van der Waals surface area contributed by atoms with Gasteiger partial charge in [0.05, 0.1) is 36.5 Å². The van der Waals surface area contributed by atoms with Crippen LogP contribution >= 0.6 is 0 Å². The van der Waals surface area contributed by atoms with E-state index in [-0.39, 0.29) is 12.1 Å². The first-order valence-corrected chi connectivity index (χ1v) is 10.8. The zero-order chi connectivity index (χ0) is 23.2. The van der Waals surface area contributed by atoms with E-state index >= 15 is 0 Å². The third-order valence-corrected chi connectivity index (χ3v) is 5.82. The maximum Gasteiger partial charge on any atom is 0.408 e. The summed E-state index contributed by atoms with van der Waals surface area (Å²) in [7, 11) is 1.61. The summed E-state index contributed by atoms with van der Waals surface area (Å²) in [5.74, 6) is 0.998. The number of alkyl carbamates (subject to hydrolysis) is 1. The third-order valence-electron chi connectivity index (χ3n) is 5.82. The van der Waals surface area contributed by atoms with Gasteiger partial charge in [-0.25, -0.2) is 18.7 Å². The summed E-state index contributed by atoms with van der Waals surface area (Å²) < 4.78 is 32.7. The highest BCUT2D eigenvalue weighted by Gasteiger charge is 2.44. The SMILES string of the molecule is COCc1cc2c(Nc3cc([C@@H]4OC[C@H](OC(=O)NC5(C)CC5)[C@@H]4F)[nH]n3)nc(C)cn2n1. The Bertz CT molecular complexity index is 1170. The minimum Gasteiger partial charge on any atom is -0.441 e. The van der Waals surface area contributed by atoms with E-state index in [2.05, 4.69) is 30.9 Å². The van der Waals surface area contributed by atoms with Crippen LogP contribution in [0.5, 0.6) is 0 Å². The molecular formula is C21H26FN7O4. The molecule has 0 aromatic carbocycles. The van der Waals surface area contributed by atoms with E-state index in [0.29, 0.717) is 23.9 Å². The number of carbonyl (C=O) groups is 1. The second-order valence-corrected chi connectivity index (χ2v) is 8.79. The van der Waals surface area contributed by atoms with E-state index in [1.807, 2.05) is 26.1 Å². The summed E-state index contributed by atoms with van der Waals surface area (Å²) in [6.07, 6.45) is -0.450. The van der Waals surface area contributed by atoms with Gasteiger partial charge in [0, 0.05) is 18.7 Å². The lowest BCUT2D eigenvalue weighted by Crippen LogP contribution is -2.39. The minimum absolute atomic E-state index is 0.0318. The molecular weight excluding hydrogens is 433 g/mol. The van der Waals surface area contributed by atoms with Gasteiger partial charge in [0.25, 0.3) is 0 Å². The van der Waals surface area contributed by atoms with Gasteiger partial charge >= 0.3 is 6.09 Å². The summed E-state index contributed by atoms with van der Waals surface area (Å²) in [5.41, 5.74) is 2.47. The van der Waals surface area contributed by atoms with Crippen molar-refractivity contribution < 1.29 is 23.4 Å². The smallest absolute Gasteiger partial charge is 0.408 e. The molecule has 11 nitrogen and oxygen atoms in total. The standard InChI is InChI=1S/C21H26FN7O4/c1-11-8-29-14(6-12(28-29)9-31-3)19(23-11)24-16-7-13(26-27-16)18-17(22)15(10-32-18)33-20(30)25-21(2)4-5-21/h6-8,15,17-18H,4-5,9-10H2,1-3H3,(H,25,30)(H2,23,24,26,27)/t15-,17-,18-/m0/s1. The van der Waals surface area contributed by atoms with E-state index in [1.54, 1.807) is 17.7 Å². The molecule has 1 aliphatic carbocycles. The monoisotopic (exact) mass is 459 g/mol. The minimum atomic E-state index is -1.52. The molecule has 176 valence electrons. The van der Waals surface area contributed by atoms with Gasteiger partial charge in [-0.3, -0.25) is 5.10 Å². The number of anilines is 2. The molecule has 1 saturated heterocycles. The van der Waals surface area contributed by atoms with Gasteiger partial charge in [-0.1, -0.05) is 0 Å². The van der Waals surface area contributed by atoms with Crippen LogP contribution in [0.1, 0.15) is 43.0 Å². The predicted octanol–water partition coefficient (Wildman–Crippen LogP) is 2.71. The molecule has 4 heterocycles. The number of carbonyl (C=O) groups excluding carboxylic acids is 1. The van der Waals surface area contributed by atoms with Crippen molar-refractivity contribution in [2.45, 2.75) is 57.2 Å². The second-order valence-electron chi connectivity index (χ2n) is 8.79. The Morgan fingerprint density at radius 3 is 3.00 bits per heavy atom. The maximum absolute atomic E-state index is 15.0. The second kappa shape index (κ2) is 8.27. The highest BCUT2D eigenvalue weighted by Crippen LogP contribution is 2.36. The van der Waals surface area contributed by atoms with E-state index in [1.165, 1.54) is 0 Å². The van der Waals surface area contributed by atoms with Gasteiger partial charge in [-0.15, -0.1) is 0 Å². The highest BCUT2D eigenvalue weighted by molar-refractivity contribution is 5.72. The number of hydrogen-bond acceptors (Lipinski definition) is 8. The van der Waals surface area contributed by atoms with Crippen molar-refractivity contribution in [3.8, 4) is 0 Å². The number of nitrogens with zero attached hydrogens (tertiary/aromatic N) is 4. The molecule has 1 aliphatic heterocycles. The fraction of sp³-hybridized carbons (Fsp3) is 0.524. The average Bonchev–Trinajstić information content (AvgIpc) is 3.11. The van der Waals surface area contributed by atoms with Crippen LogP contribution in [0.25, 0.3) is 5.52 Å². The number of aromatic amines is 1. The Balaban J connectivity index is 1.27. The number of alkyl halides is 1. The Kier molecular flexibility index (Phi) is 5.41. The van der Waals surface area contributed by atoms with Crippen LogP contribution in [-0.2, 0) is 20.8 Å². The number of nitrogens with one attached hydrogen (secondary N) is 3. The Morgan fingerprint density at radius 1 is 1.42 bits per heavy atom. The number of amides is 1. The number of hydrogen-bond donors (Lipinski definition) is 3. The van der Waals surface area contributed by atoms with E-state index in [4.69, 9.17) is 14.2 Å². The van der Waals surface area contributed by atoms with E-state index in [0.717, 1.165) is 29.7 Å². The maximum atomic E-state index is 15.0. The fourth-order valence-corrected chi connectivity index (χ4v) is 3.80. The van der Waals surface area contributed by atoms with Crippen molar-refractivity contribution in [2.75, 3.05) is 19.0 Å². The summed E-state index contributed by atoms with van der Waals surface area (Å²) in [5, 5.41) is 17.4. The first-order chi connectivity index (χ1) is 15.8. The van der Waals surface area contributed by atoms with Crippen molar-refractivity contribution in [2.24, 2.45) is 0 Å². The van der Waals surface area contributed by atoms with Gasteiger partial charge < -0.3 is 24.8 Å². The quantitative estimate of drug-likeness (QED) is 0.492. The van der Waals surface area contributed by atoms with Crippen molar-refractivity contribution >= 4 is 23.2 Å². The van der Waals surface area contributed by atoms with E-state index < -0.39 is 24.5 Å². The van der Waals surface area contributed by atoms with Gasteiger partial charge in [0.2, 0.25) is 0 Å². The summed E-state index contributed by atoms with van der Waals surface area (Å²) in [6, 6.07) is 3.52. The molecule has 0 bridgehead atoms. The van der Waals surface area contributed by atoms with Crippen LogP contribution in [0, 0.1) is 6.92 Å². The summed E-state index contributed by atoms with van der Waals surface area (Å²) in [6.45, 7) is 4.13. The van der Waals surface area contributed by atoms with Gasteiger partial charge in [0.1, 0.15) is 11.6 Å². The number of fused-ring (bicyclic) bond motifs is 1. The van der Waals surface area contributed by atoms with Gasteiger partial charge in [-0.2, -0.15) is 10.2 Å². The molecule has 3 N–H and O–H groups in total. The lowest BCUT2D eigenvalue weighted by molar-refractivity contribution is 0.0604. The summed E-state index contributed by atoms with van der Waals surface area (Å²) >= 11 is 0. The van der Waals surface area contributed by atoms with Crippen molar-refractivity contribution in [1.29, 1.82) is 0 Å². The Morgan fingerprint density at radius 2 is 2.24 bits per heavy atom. The fourth-order valence-electron chi connectivity index (χ4n) is 3.80. The molecule has 0 unspecified atom stereocenters. The van der Waals surface area contributed by atoms with Crippen LogP contribution in [-0.4, -0.2) is 62.4 Å². The van der Waals surface area contributed by atoms with Crippen LogP contribution < -0.4 is 10.6 Å². The van der Waals surface area contributed by atoms with Crippen LogP contribution in [0.15, 0.2) is 18.3 Å². The number of aromatic nitrogens is 5. The summed E-state index contributed by atoms with van der Waals surface area (Å²) in [4.78, 5) is 16.6. The van der Waals surface area contributed by atoms with Gasteiger partial charge in [0.15, 0.2) is 23.9 Å². The Labute approximate surface area is 189 Å². The van der Waals surface area contributed by atoms with Crippen molar-refractivity contribution in [3.05, 3.63) is 35.4 Å². The highest BCUT2D eigenvalue weighted by atomic mass is 19.1. The molecule has 3 aromatic heterocycles. The number of aryl methyl sites for hydroxylation is 1. The molecule has 0 radical (unpaired) electrons. The molecule has 33 heavy (non-hydrogen) atoms. The van der Waals surface area contributed by atoms with Crippen LogP contribution in [0.2, 0.25) is 0 Å². The molecule has 12 heteroatoms.